The maximum atomic E-state index is 12.6. The zero-order valence-electron chi connectivity index (χ0n) is 18.0. The van der Waals surface area contributed by atoms with E-state index in [2.05, 4.69) is 17.2 Å². The molecule has 0 spiro atoms. The van der Waals surface area contributed by atoms with Gasteiger partial charge < -0.3 is 10.5 Å². The summed E-state index contributed by atoms with van der Waals surface area (Å²) < 4.78 is 5.52. The molecule has 1 heterocycles. The number of anilines is 3. The van der Waals surface area contributed by atoms with Crippen LogP contribution in [-0.2, 0) is 4.74 Å². The van der Waals surface area contributed by atoms with Crippen molar-refractivity contribution in [1.29, 1.82) is 0 Å². The van der Waals surface area contributed by atoms with Crippen molar-refractivity contribution in [3.63, 3.8) is 0 Å². The third kappa shape index (κ3) is 6.19. The van der Waals surface area contributed by atoms with Gasteiger partial charge in [0.1, 0.15) is 5.60 Å². The number of rotatable bonds is 6. The van der Waals surface area contributed by atoms with Gasteiger partial charge in [-0.1, -0.05) is 13.3 Å². The Balaban J connectivity index is 2.23. The highest BCUT2D eigenvalue weighted by molar-refractivity contribution is 7.15. The zero-order chi connectivity index (χ0) is 21.8. The fourth-order valence-electron chi connectivity index (χ4n) is 2.57. The molecule has 2 rings (SSSR count). The lowest BCUT2D eigenvalue weighted by Crippen LogP contribution is -2.37. The van der Waals surface area contributed by atoms with Gasteiger partial charge in [-0.15, -0.1) is 11.3 Å². The summed E-state index contributed by atoms with van der Waals surface area (Å²) in [6, 6.07) is 4.96. The number of nitrogen functional groups attached to an aromatic ring is 1. The summed E-state index contributed by atoms with van der Waals surface area (Å²) in [6.45, 7) is 11.9. The summed E-state index contributed by atoms with van der Waals surface area (Å²) >= 11 is 1.42. The molecule has 0 saturated carbocycles. The second-order valence-corrected chi connectivity index (χ2v) is 9.08. The van der Waals surface area contributed by atoms with Crippen LogP contribution in [0.2, 0.25) is 0 Å². The molecule has 0 aliphatic carbocycles. The number of nitrogens with two attached hydrogens (primary N) is 1. The molecule has 0 unspecified atom stereocenters. The Morgan fingerprint density at radius 3 is 2.48 bits per heavy atom. The van der Waals surface area contributed by atoms with Crippen LogP contribution in [-0.4, -0.2) is 29.1 Å². The second kappa shape index (κ2) is 9.26. The molecule has 29 heavy (non-hydrogen) atoms. The van der Waals surface area contributed by atoms with E-state index < -0.39 is 11.7 Å². The zero-order valence-corrected chi connectivity index (χ0v) is 18.8. The highest BCUT2D eigenvalue weighted by atomic mass is 32.1. The molecule has 7 nitrogen and oxygen atoms in total. The molecule has 0 bridgehead atoms. The maximum Gasteiger partial charge on any atom is 0.414 e. The van der Waals surface area contributed by atoms with Crippen molar-refractivity contribution in [3.8, 4) is 0 Å². The van der Waals surface area contributed by atoms with Crippen molar-refractivity contribution < 1.29 is 14.3 Å². The number of hydrogen-bond acceptors (Lipinski definition) is 6. The molecule has 158 valence electrons. The summed E-state index contributed by atoms with van der Waals surface area (Å²) in [4.78, 5) is 32.2. The Hall–Kier alpha value is -2.61. The largest absolute Gasteiger partial charge is 0.443 e. The van der Waals surface area contributed by atoms with Crippen LogP contribution < -0.4 is 16.0 Å². The van der Waals surface area contributed by atoms with Gasteiger partial charge >= 0.3 is 6.09 Å². The molecular formula is C21H30N4O3S. The smallest absolute Gasteiger partial charge is 0.414 e. The van der Waals surface area contributed by atoms with Crippen molar-refractivity contribution in [3.05, 3.63) is 34.3 Å². The molecule has 2 amide bonds. The lowest BCUT2D eigenvalue weighted by atomic mass is 10.1. The number of nitrogens with zero attached hydrogens (tertiary/aromatic N) is 2. The van der Waals surface area contributed by atoms with E-state index in [0.717, 1.165) is 23.4 Å². The Labute approximate surface area is 176 Å². The number of amides is 2. The van der Waals surface area contributed by atoms with Gasteiger partial charge in [-0.25, -0.2) is 9.78 Å². The highest BCUT2D eigenvalue weighted by Gasteiger charge is 2.24. The van der Waals surface area contributed by atoms with E-state index in [0.29, 0.717) is 22.9 Å². The third-order valence-corrected chi connectivity index (χ3v) is 5.18. The number of ether oxygens (including phenoxy) is 1. The minimum Gasteiger partial charge on any atom is -0.443 e. The van der Waals surface area contributed by atoms with Crippen molar-refractivity contribution >= 4 is 39.8 Å². The lowest BCUT2D eigenvalue weighted by molar-refractivity contribution is 0.0580. The van der Waals surface area contributed by atoms with Gasteiger partial charge in [-0.3, -0.25) is 15.0 Å². The van der Waals surface area contributed by atoms with E-state index in [-0.39, 0.29) is 11.6 Å². The summed E-state index contributed by atoms with van der Waals surface area (Å²) in [6.07, 6.45) is 1.32. The molecule has 0 aliphatic rings. The van der Waals surface area contributed by atoms with Crippen LogP contribution in [0, 0.1) is 13.8 Å². The van der Waals surface area contributed by atoms with Gasteiger partial charge in [0, 0.05) is 22.8 Å². The molecule has 0 aliphatic heterocycles. The fraction of sp³-hybridized carbons (Fsp3) is 0.476. The normalized spacial score (nSPS) is 11.2. The number of carbonyl (C=O) groups is 2. The number of benzene rings is 1. The van der Waals surface area contributed by atoms with Crippen LogP contribution in [0.15, 0.2) is 18.2 Å². The van der Waals surface area contributed by atoms with Crippen LogP contribution in [0.1, 0.15) is 61.5 Å². The molecule has 1 aromatic carbocycles. The maximum absolute atomic E-state index is 12.6. The number of hydrogen-bond donors (Lipinski definition) is 2. The van der Waals surface area contributed by atoms with Gasteiger partial charge in [0.25, 0.3) is 5.91 Å². The minimum absolute atomic E-state index is 0.287. The van der Waals surface area contributed by atoms with Crippen molar-refractivity contribution in [1.82, 2.24) is 4.98 Å². The molecule has 0 fully saturated rings. The van der Waals surface area contributed by atoms with E-state index in [4.69, 9.17) is 10.5 Å². The van der Waals surface area contributed by atoms with E-state index in [1.807, 2.05) is 34.6 Å². The Kier molecular flexibility index (Phi) is 7.24. The van der Waals surface area contributed by atoms with E-state index >= 15 is 0 Å². The second-order valence-electron chi connectivity index (χ2n) is 7.87. The monoisotopic (exact) mass is 418 g/mol. The van der Waals surface area contributed by atoms with E-state index in [1.54, 1.807) is 23.1 Å². The fourth-order valence-corrected chi connectivity index (χ4v) is 3.38. The molecular weight excluding hydrogens is 388 g/mol. The quantitative estimate of drug-likeness (QED) is 0.633. The number of aryl methyl sites for hydroxylation is 2. The Morgan fingerprint density at radius 2 is 1.97 bits per heavy atom. The van der Waals surface area contributed by atoms with Crippen LogP contribution >= 0.6 is 11.3 Å². The van der Waals surface area contributed by atoms with Crippen molar-refractivity contribution in [2.24, 2.45) is 0 Å². The average Bonchev–Trinajstić information content (AvgIpc) is 2.91. The van der Waals surface area contributed by atoms with Crippen LogP contribution in [0.4, 0.5) is 21.3 Å². The molecule has 1 aromatic heterocycles. The van der Waals surface area contributed by atoms with Crippen LogP contribution in [0.3, 0.4) is 0 Å². The number of thiazole rings is 1. The van der Waals surface area contributed by atoms with Gasteiger partial charge in [-0.05, 0) is 59.2 Å². The molecule has 8 heteroatoms. The third-order valence-electron chi connectivity index (χ3n) is 4.19. The predicted molar refractivity (Wildman–Crippen MR) is 119 cm³/mol. The van der Waals surface area contributed by atoms with Gasteiger partial charge in [0.2, 0.25) is 0 Å². The summed E-state index contributed by atoms with van der Waals surface area (Å²) in [5.74, 6) is -0.333. The topological polar surface area (TPSA) is 97.5 Å². The Morgan fingerprint density at radius 1 is 1.28 bits per heavy atom. The van der Waals surface area contributed by atoms with Crippen molar-refractivity contribution in [2.75, 3.05) is 22.5 Å². The van der Waals surface area contributed by atoms with Gasteiger partial charge in [-0.2, -0.15) is 0 Å². The number of nitrogens with one attached hydrogen (secondary N) is 1. The number of aromatic nitrogens is 1. The first-order valence-corrected chi connectivity index (χ1v) is 10.5. The molecule has 0 radical (unpaired) electrons. The molecule has 0 atom stereocenters. The van der Waals surface area contributed by atoms with Crippen LogP contribution in [0.25, 0.3) is 0 Å². The van der Waals surface area contributed by atoms with Gasteiger partial charge in [0.05, 0.1) is 11.3 Å². The number of carbonyl (C=O) groups excluding carboxylic acids is 2. The van der Waals surface area contributed by atoms with E-state index in [9.17, 15) is 9.59 Å². The predicted octanol–water partition coefficient (Wildman–Crippen LogP) is 5.14. The molecule has 3 N–H and O–H groups in total. The van der Waals surface area contributed by atoms with E-state index in [1.165, 1.54) is 11.3 Å². The Bertz CT molecular complexity index is 867. The lowest BCUT2D eigenvalue weighted by Gasteiger charge is -2.27. The first-order valence-electron chi connectivity index (χ1n) is 9.67. The van der Waals surface area contributed by atoms with Crippen molar-refractivity contribution in [2.45, 2.75) is 60.0 Å². The first kappa shape index (κ1) is 22.7. The standard InChI is InChI=1S/C21H30N4O3S/c1-7-8-11-25(20(27)28-21(4,5)6)15-9-10-16(17(22)12-15)18(26)24-19-23-13(2)14(3)29-19/h9-10,12H,7-8,11,22H2,1-6H3,(H,23,24,26). The average molecular weight is 419 g/mol. The summed E-state index contributed by atoms with van der Waals surface area (Å²) in [5.41, 5.74) is 7.65. The van der Waals surface area contributed by atoms with Crippen LogP contribution in [0.5, 0.6) is 0 Å². The number of unbranched alkanes of at least 4 members (excludes halogenated alkanes) is 1. The summed E-state index contributed by atoms with van der Waals surface area (Å²) in [5, 5.41) is 3.31. The van der Waals surface area contributed by atoms with Gasteiger partial charge in [0.15, 0.2) is 5.13 Å². The highest BCUT2D eigenvalue weighted by Crippen LogP contribution is 2.26. The summed E-state index contributed by atoms with van der Waals surface area (Å²) in [7, 11) is 0. The first-order chi connectivity index (χ1) is 13.5. The molecule has 0 saturated heterocycles. The SMILES string of the molecule is CCCCN(C(=O)OC(C)(C)C)c1ccc(C(=O)Nc2nc(C)c(C)s2)c(N)c1. The molecule has 2 aromatic rings. The minimum atomic E-state index is -0.600.